The minimum Gasteiger partial charge on any atom is -0.467 e. The van der Waals surface area contributed by atoms with E-state index in [1.165, 1.54) is 0 Å². The number of anilines is 1. The molecular weight excluding hydrogens is 262 g/mol. The Bertz CT molecular complexity index is 508. The second kappa shape index (κ2) is 6.10. The second-order valence-corrected chi connectivity index (χ2v) is 3.61. The molecule has 1 aromatic carbocycles. The third-order valence-corrected chi connectivity index (χ3v) is 2.24. The van der Waals surface area contributed by atoms with Crippen LogP contribution in [0.15, 0.2) is 12.1 Å². The highest BCUT2D eigenvalue weighted by atomic mass is 19.1. The van der Waals surface area contributed by atoms with Gasteiger partial charge in [0.15, 0.2) is 11.9 Å². The van der Waals surface area contributed by atoms with Gasteiger partial charge in [-0.25, -0.2) is 13.6 Å². The van der Waals surface area contributed by atoms with Gasteiger partial charge in [0.1, 0.15) is 5.82 Å². The minimum absolute atomic E-state index is 0.499. The van der Waals surface area contributed by atoms with Gasteiger partial charge in [0.05, 0.1) is 24.9 Å². The van der Waals surface area contributed by atoms with Crippen molar-refractivity contribution < 1.29 is 28.2 Å². The summed E-state index contributed by atoms with van der Waals surface area (Å²) in [5, 5.41) is 11.3. The Morgan fingerprint density at radius 3 is 2.68 bits per heavy atom. The maximum absolute atomic E-state index is 13.5. The highest BCUT2D eigenvalue weighted by Crippen LogP contribution is 2.17. The zero-order valence-corrected chi connectivity index (χ0v) is 9.94. The number of rotatable bonds is 4. The molecule has 6 nitrogen and oxygen atoms in total. The van der Waals surface area contributed by atoms with E-state index in [0.29, 0.717) is 6.07 Å². The first kappa shape index (κ1) is 14.8. The third kappa shape index (κ3) is 3.62. The molecule has 0 radical (unpaired) electrons. The Balaban J connectivity index is 2.77. The molecular formula is C11H12F2N2O4. The Morgan fingerprint density at radius 2 is 2.11 bits per heavy atom. The average molecular weight is 274 g/mol. The average Bonchev–Trinajstić information content (AvgIpc) is 2.38. The van der Waals surface area contributed by atoms with Gasteiger partial charge in [-0.15, -0.1) is 0 Å². The lowest BCUT2D eigenvalue weighted by Gasteiger charge is -2.10. The number of ether oxygens (including phenoxy) is 1. The number of hydrogen-bond donors (Lipinski definition) is 3. The van der Waals surface area contributed by atoms with Crippen LogP contribution in [0.5, 0.6) is 0 Å². The quantitative estimate of drug-likeness (QED) is 0.522. The third-order valence-electron chi connectivity index (χ3n) is 2.24. The van der Waals surface area contributed by atoms with Crippen LogP contribution in [-0.4, -0.2) is 36.7 Å². The number of nitrogen functional groups attached to an aromatic ring is 1. The van der Waals surface area contributed by atoms with Gasteiger partial charge in [0.2, 0.25) is 0 Å². The molecule has 1 rings (SSSR count). The van der Waals surface area contributed by atoms with E-state index < -0.39 is 47.4 Å². The first-order valence-electron chi connectivity index (χ1n) is 5.15. The van der Waals surface area contributed by atoms with Gasteiger partial charge in [-0.1, -0.05) is 0 Å². The van der Waals surface area contributed by atoms with Gasteiger partial charge >= 0.3 is 5.97 Å². The van der Waals surface area contributed by atoms with Crippen LogP contribution in [0.2, 0.25) is 0 Å². The summed E-state index contributed by atoms with van der Waals surface area (Å²) in [5.41, 5.74) is 4.04. The number of methoxy groups -OCH3 is 1. The van der Waals surface area contributed by atoms with Crippen molar-refractivity contribution in [1.29, 1.82) is 0 Å². The number of carbonyl (C=O) groups is 2. The Hall–Kier alpha value is -2.22. The smallest absolute Gasteiger partial charge is 0.336 e. The summed E-state index contributed by atoms with van der Waals surface area (Å²) in [6, 6.07) is 1.39. The number of esters is 1. The van der Waals surface area contributed by atoms with Crippen LogP contribution in [0.25, 0.3) is 0 Å². The zero-order valence-electron chi connectivity index (χ0n) is 9.94. The lowest BCUT2D eigenvalue weighted by atomic mass is 10.1. The summed E-state index contributed by atoms with van der Waals surface area (Å²) in [4.78, 5) is 22.4. The Labute approximate surface area is 107 Å². The predicted molar refractivity (Wildman–Crippen MR) is 61.1 cm³/mol. The van der Waals surface area contributed by atoms with Gasteiger partial charge < -0.3 is 20.9 Å². The van der Waals surface area contributed by atoms with Crippen LogP contribution in [-0.2, 0) is 9.53 Å². The van der Waals surface area contributed by atoms with E-state index in [1.54, 1.807) is 0 Å². The Morgan fingerprint density at radius 1 is 1.47 bits per heavy atom. The number of amides is 1. The summed E-state index contributed by atoms with van der Waals surface area (Å²) in [5.74, 6) is -3.92. The molecule has 0 aliphatic rings. The molecule has 1 amide bonds. The number of nitrogens with two attached hydrogens (primary N) is 1. The molecule has 0 heterocycles. The van der Waals surface area contributed by atoms with Crippen molar-refractivity contribution >= 4 is 17.6 Å². The van der Waals surface area contributed by atoms with Gasteiger partial charge in [-0.2, -0.15) is 0 Å². The van der Waals surface area contributed by atoms with Crippen molar-refractivity contribution in [3.63, 3.8) is 0 Å². The number of benzene rings is 1. The van der Waals surface area contributed by atoms with Crippen LogP contribution in [0.1, 0.15) is 10.4 Å². The SMILES string of the molecule is COC(=O)C(O)CNC(=O)c1cc(F)cc(N)c1F. The maximum Gasteiger partial charge on any atom is 0.336 e. The maximum atomic E-state index is 13.5. The summed E-state index contributed by atoms with van der Waals surface area (Å²) >= 11 is 0. The van der Waals surface area contributed by atoms with E-state index in [0.717, 1.165) is 13.2 Å². The van der Waals surface area contributed by atoms with Crippen molar-refractivity contribution in [2.75, 3.05) is 19.4 Å². The monoisotopic (exact) mass is 274 g/mol. The number of aliphatic hydroxyl groups excluding tert-OH is 1. The van der Waals surface area contributed by atoms with Gasteiger partial charge in [-0.05, 0) is 12.1 Å². The van der Waals surface area contributed by atoms with E-state index in [1.807, 2.05) is 0 Å². The number of aliphatic hydroxyl groups is 1. The fourth-order valence-corrected chi connectivity index (χ4v) is 1.28. The highest BCUT2D eigenvalue weighted by Gasteiger charge is 2.20. The van der Waals surface area contributed by atoms with Crippen molar-refractivity contribution in [1.82, 2.24) is 5.32 Å². The van der Waals surface area contributed by atoms with Crippen molar-refractivity contribution in [3.8, 4) is 0 Å². The molecule has 1 aromatic rings. The van der Waals surface area contributed by atoms with Crippen LogP contribution in [0.4, 0.5) is 14.5 Å². The van der Waals surface area contributed by atoms with Crippen LogP contribution in [0, 0.1) is 11.6 Å². The Kier molecular flexibility index (Phi) is 4.76. The van der Waals surface area contributed by atoms with Crippen molar-refractivity contribution in [2.45, 2.75) is 6.10 Å². The molecule has 0 aromatic heterocycles. The van der Waals surface area contributed by atoms with Gasteiger partial charge in [0, 0.05) is 0 Å². The first-order valence-corrected chi connectivity index (χ1v) is 5.15. The number of hydrogen-bond acceptors (Lipinski definition) is 5. The molecule has 0 aliphatic heterocycles. The molecule has 19 heavy (non-hydrogen) atoms. The number of halogens is 2. The number of nitrogens with one attached hydrogen (secondary N) is 1. The fraction of sp³-hybridized carbons (Fsp3) is 0.273. The van der Waals surface area contributed by atoms with Crippen molar-refractivity contribution in [2.24, 2.45) is 0 Å². The van der Waals surface area contributed by atoms with E-state index in [9.17, 15) is 23.5 Å². The molecule has 0 bridgehead atoms. The molecule has 8 heteroatoms. The molecule has 0 fully saturated rings. The first-order chi connectivity index (χ1) is 8.86. The summed E-state index contributed by atoms with van der Waals surface area (Å²) < 4.78 is 30.7. The lowest BCUT2D eigenvalue weighted by Crippen LogP contribution is -2.37. The largest absolute Gasteiger partial charge is 0.467 e. The minimum atomic E-state index is -1.59. The topological polar surface area (TPSA) is 102 Å². The van der Waals surface area contributed by atoms with E-state index in [2.05, 4.69) is 10.1 Å². The van der Waals surface area contributed by atoms with Crippen LogP contribution in [0.3, 0.4) is 0 Å². The van der Waals surface area contributed by atoms with E-state index >= 15 is 0 Å². The molecule has 0 saturated heterocycles. The van der Waals surface area contributed by atoms with Crippen molar-refractivity contribution in [3.05, 3.63) is 29.3 Å². The molecule has 104 valence electrons. The zero-order chi connectivity index (χ0) is 14.6. The van der Waals surface area contributed by atoms with E-state index in [4.69, 9.17) is 5.73 Å². The molecule has 0 saturated carbocycles. The molecule has 1 unspecified atom stereocenters. The molecule has 0 aliphatic carbocycles. The second-order valence-electron chi connectivity index (χ2n) is 3.61. The molecule has 1 atom stereocenters. The lowest BCUT2D eigenvalue weighted by molar-refractivity contribution is -0.149. The van der Waals surface area contributed by atoms with Crippen LogP contribution < -0.4 is 11.1 Å². The predicted octanol–water partition coefficient (Wildman–Crippen LogP) is -0.189. The highest BCUT2D eigenvalue weighted by molar-refractivity contribution is 5.95. The van der Waals surface area contributed by atoms with Gasteiger partial charge in [-0.3, -0.25) is 4.79 Å². The standard InChI is InChI=1S/C11H12F2N2O4/c1-19-11(18)8(16)4-15-10(17)6-2-5(12)3-7(14)9(6)13/h2-3,8,16H,4,14H2,1H3,(H,15,17). The number of carbonyl (C=O) groups excluding carboxylic acids is 2. The summed E-state index contributed by atoms with van der Waals surface area (Å²) in [6.07, 6.45) is -1.59. The normalized spacial score (nSPS) is 11.8. The summed E-state index contributed by atoms with van der Waals surface area (Å²) in [7, 11) is 1.06. The van der Waals surface area contributed by atoms with Gasteiger partial charge in [0.25, 0.3) is 5.91 Å². The summed E-state index contributed by atoms with van der Waals surface area (Å²) in [6.45, 7) is -0.499. The fourth-order valence-electron chi connectivity index (χ4n) is 1.28. The molecule has 0 spiro atoms. The van der Waals surface area contributed by atoms with E-state index in [-0.39, 0.29) is 0 Å². The van der Waals surface area contributed by atoms with Crippen LogP contribution >= 0.6 is 0 Å². The molecule has 4 N–H and O–H groups in total.